The maximum Gasteiger partial charge on any atom is 0.130 e. The number of hydrogen-bond donors (Lipinski definition) is 1. The second kappa shape index (κ2) is 6.37. The highest BCUT2D eigenvalue weighted by Gasteiger charge is 2.05. The average Bonchev–Trinajstić information content (AvgIpc) is 1.97. The zero-order valence-electron chi connectivity index (χ0n) is 8.45. The van der Waals surface area contributed by atoms with Crippen LogP contribution < -0.4 is 0 Å². The van der Waals surface area contributed by atoms with Crippen LogP contribution in [0.4, 0.5) is 0 Å². The molecule has 0 rings (SSSR count). The van der Waals surface area contributed by atoms with E-state index in [1.165, 1.54) is 0 Å². The fraction of sp³-hybridized carbons (Fsp3) is 1.00. The summed E-state index contributed by atoms with van der Waals surface area (Å²) in [5.74, 6) is 0. The van der Waals surface area contributed by atoms with Crippen LogP contribution in [-0.2, 0) is 4.74 Å². The van der Waals surface area contributed by atoms with Crippen molar-refractivity contribution in [1.82, 2.24) is 9.80 Å². The van der Waals surface area contributed by atoms with Crippen molar-refractivity contribution < 1.29 is 9.84 Å². The summed E-state index contributed by atoms with van der Waals surface area (Å²) in [7, 11) is 7.62. The Kier molecular flexibility index (Phi) is 6.28. The number of ether oxygens (including phenoxy) is 1. The third-order valence-electron chi connectivity index (χ3n) is 1.55. The monoisotopic (exact) mass is 176 g/mol. The lowest BCUT2D eigenvalue weighted by atomic mass is 10.5. The molecule has 0 saturated heterocycles. The van der Waals surface area contributed by atoms with Crippen LogP contribution in [0.25, 0.3) is 0 Å². The molecule has 1 N–H and O–H groups in total. The van der Waals surface area contributed by atoms with Crippen LogP contribution in [0.1, 0.15) is 0 Å². The molecule has 0 spiro atoms. The Morgan fingerprint density at radius 1 is 1.25 bits per heavy atom. The highest BCUT2D eigenvalue weighted by Crippen LogP contribution is 1.88. The minimum atomic E-state index is -0.493. The first-order chi connectivity index (χ1) is 5.54. The minimum Gasteiger partial charge on any atom is -0.376 e. The van der Waals surface area contributed by atoms with E-state index in [1.54, 1.807) is 4.90 Å². The van der Waals surface area contributed by atoms with Gasteiger partial charge in [-0.1, -0.05) is 0 Å². The van der Waals surface area contributed by atoms with E-state index in [1.807, 2.05) is 33.1 Å². The van der Waals surface area contributed by atoms with Gasteiger partial charge in [0, 0.05) is 6.54 Å². The van der Waals surface area contributed by atoms with E-state index in [4.69, 9.17) is 4.74 Å². The molecule has 0 aromatic heterocycles. The molecule has 0 fully saturated rings. The number of hydrogen-bond acceptors (Lipinski definition) is 4. The molecule has 12 heavy (non-hydrogen) atoms. The van der Waals surface area contributed by atoms with Crippen LogP contribution in [-0.4, -0.2) is 69.1 Å². The lowest BCUT2D eigenvalue weighted by Crippen LogP contribution is -2.33. The zero-order chi connectivity index (χ0) is 9.56. The Morgan fingerprint density at radius 2 is 1.83 bits per heavy atom. The number of rotatable bonds is 6. The lowest BCUT2D eigenvalue weighted by molar-refractivity contribution is -0.0384. The van der Waals surface area contributed by atoms with Gasteiger partial charge in [-0.2, -0.15) is 0 Å². The Hall–Kier alpha value is -0.160. The molecule has 4 nitrogen and oxygen atoms in total. The summed E-state index contributed by atoms with van der Waals surface area (Å²) in [4.78, 5) is 3.76. The van der Waals surface area contributed by atoms with Gasteiger partial charge in [0.25, 0.3) is 0 Å². The molecular weight excluding hydrogens is 156 g/mol. The molecule has 1 atom stereocenters. The maximum absolute atomic E-state index is 9.28. The molecule has 0 aromatic carbocycles. The smallest absolute Gasteiger partial charge is 0.130 e. The molecule has 0 bridgehead atoms. The zero-order valence-corrected chi connectivity index (χ0v) is 8.45. The van der Waals surface area contributed by atoms with E-state index in [0.29, 0.717) is 13.2 Å². The molecule has 0 aliphatic heterocycles. The lowest BCUT2D eigenvalue weighted by Gasteiger charge is -2.18. The van der Waals surface area contributed by atoms with E-state index in [2.05, 4.69) is 0 Å². The van der Waals surface area contributed by atoms with Gasteiger partial charge in [-0.3, -0.25) is 4.90 Å². The van der Waals surface area contributed by atoms with Crippen LogP contribution in [0.2, 0.25) is 0 Å². The van der Waals surface area contributed by atoms with E-state index >= 15 is 0 Å². The van der Waals surface area contributed by atoms with Crippen LogP contribution in [0, 0.1) is 0 Å². The van der Waals surface area contributed by atoms with Gasteiger partial charge in [0.2, 0.25) is 0 Å². The Labute approximate surface area is 74.7 Å². The van der Waals surface area contributed by atoms with Crippen LogP contribution >= 0.6 is 0 Å². The van der Waals surface area contributed by atoms with Crippen molar-refractivity contribution >= 4 is 0 Å². The molecule has 4 heteroatoms. The second-order valence-electron chi connectivity index (χ2n) is 3.32. The molecule has 0 radical (unpaired) electrons. The highest BCUT2D eigenvalue weighted by atomic mass is 16.5. The van der Waals surface area contributed by atoms with E-state index in [-0.39, 0.29) is 0 Å². The topological polar surface area (TPSA) is 35.9 Å². The van der Waals surface area contributed by atoms with Crippen molar-refractivity contribution in [2.75, 3.05) is 47.9 Å². The van der Waals surface area contributed by atoms with Gasteiger partial charge < -0.3 is 14.7 Å². The third kappa shape index (κ3) is 6.54. The van der Waals surface area contributed by atoms with Crippen LogP contribution in [0.3, 0.4) is 0 Å². The molecule has 0 aliphatic rings. The van der Waals surface area contributed by atoms with Crippen molar-refractivity contribution in [2.24, 2.45) is 0 Å². The van der Waals surface area contributed by atoms with E-state index in [0.717, 1.165) is 6.54 Å². The summed E-state index contributed by atoms with van der Waals surface area (Å²) in [6.07, 6.45) is -0.493. The molecule has 0 heterocycles. The predicted octanol–water partition coefficient (Wildman–Crippen LogP) is -0.555. The number of aliphatic hydroxyl groups is 1. The summed E-state index contributed by atoms with van der Waals surface area (Å²) in [6.45, 7) is 1.93. The van der Waals surface area contributed by atoms with Crippen molar-refractivity contribution in [3.63, 3.8) is 0 Å². The molecule has 0 aromatic rings. The van der Waals surface area contributed by atoms with E-state index < -0.39 is 6.23 Å². The fourth-order valence-corrected chi connectivity index (χ4v) is 0.585. The third-order valence-corrected chi connectivity index (χ3v) is 1.55. The molecular formula is C8H20N2O2. The summed E-state index contributed by atoms with van der Waals surface area (Å²) in [5, 5.41) is 9.28. The number of likely N-dealkylation sites (N-methyl/N-ethyl adjacent to an activating group) is 2. The van der Waals surface area contributed by atoms with Gasteiger partial charge in [-0.15, -0.1) is 0 Å². The summed E-state index contributed by atoms with van der Waals surface area (Å²) in [5.41, 5.74) is 0. The largest absolute Gasteiger partial charge is 0.376 e. The number of aliphatic hydroxyl groups excluding tert-OH is 1. The quantitative estimate of drug-likeness (QED) is 0.435. The summed E-state index contributed by atoms with van der Waals surface area (Å²) < 4.78 is 5.23. The second-order valence-corrected chi connectivity index (χ2v) is 3.32. The average molecular weight is 176 g/mol. The van der Waals surface area contributed by atoms with Crippen molar-refractivity contribution in [3.05, 3.63) is 0 Å². The first kappa shape index (κ1) is 11.8. The Bertz CT molecular complexity index is 107. The number of nitrogens with zero attached hydrogens (tertiary/aromatic N) is 2. The van der Waals surface area contributed by atoms with Crippen molar-refractivity contribution in [2.45, 2.75) is 6.23 Å². The highest BCUT2D eigenvalue weighted by molar-refractivity contribution is 4.49. The summed E-state index contributed by atoms with van der Waals surface area (Å²) >= 11 is 0. The predicted molar refractivity (Wildman–Crippen MR) is 49.1 cm³/mol. The van der Waals surface area contributed by atoms with Crippen molar-refractivity contribution in [1.29, 1.82) is 0 Å². The standard InChI is InChI=1S/C8H20N2O2/c1-9(2)5-6-12-7-8(11)10(3)4/h8,11H,5-7H2,1-4H3. The normalized spacial score (nSPS) is 14.2. The minimum absolute atomic E-state index is 0.376. The van der Waals surface area contributed by atoms with Crippen molar-refractivity contribution in [3.8, 4) is 0 Å². The first-order valence-corrected chi connectivity index (χ1v) is 4.11. The molecule has 0 saturated carbocycles. The fourth-order valence-electron chi connectivity index (χ4n) is 0.585. The van der Waals surface area contributed by atoms with Gasteiger partial charge in [-0.05, 0) is 28.2 Å². The SMILES string of the molecule is CN(C)CCOCC(O)N(C)C. The molecule has 0 amide bonds. The first-order valence-electron chi connectivity index (χ1n) is 4.11. The molecule has 0 aliphatic carbocycles. The van der Waals surface area contributed by atoms with Gasteiger partial charge in [0.05, 0.1) is 13.2 Å². The van der Waals surface area contributed by atoms with E-state index in [9.17, 15) is 5.11 Å². The van der Waals surface area contributed by atoms with Crippen LogP contribution in [0.5, 0.6) is 0 Å². The molecule has 74 valence electrons. The van der Waals surface area contributed by atoms with Gasteiger partial charge in [0.15, 0.2) is 0 Å². The summed E-state index contributed by atoms with van der Waals surface area (Å²) in [6, 6.07) is 0. The Morgan fingerprint density at radius 3 is 2.25 bits per heavy atom. The van der Waals surface area contributed by atoms with Gasteiger partial charge in [0.1, 0.15) is 6.23 Å². The van der Waals surface area contributed by atoms with Crippen LogP contribution in [0.15, 0.2) is 0 Å². The van der Waals surface area contributed by atoms with Gasteiger partial charge in [-0.25, -0.2) is 0 Å². The molecule has 1 unspecified atom stereocenters. The Balaban J connectivity index is 3.20. The van der Waals surface area contributed by atoms with Gasteiger partial charge >= 0.3 is 0 Å². The maximum atomic E-state index is 9.28.